The minimum absolute atomic E-state index is 0. The molecule has 170 valence electrons. The number of hydrogen-bond donors (Lipinski definition) is 1. The van der Waals surface area contributed by atoms with Crippen LogP contribution in [-0.2, 0) is 9.53 Å². The lowest BCUT2D eigenvalue weighted by Gasteiger charge is -2.32. The second kappa shape index (κ2) is 12.0. The molecule has 1 aliphatic rings. The number of halogens is 3. The number of carboxylic acids is 1. The second-order valence-corrected chi connectivity index (χ2v) is 7.24. The maximum absolute atomic E-state index is 14.4. The predicted molar refractivity (Wildman–Crippen MR) is 113 cm³/mol. The highest BCUT2D eigenvalue weighted by molar-refractivity contribution is 5.85. The van der Waals surface area contributed by atoms with Gasteiger partial charge in [0.05, 0.1) is 12.8 Å². The molecule has 1 saturated carbocycles. The first kappa shape index (κ1) is 26.1. The van der Waals surface area contributed by atoms with E-state index in [4.69, 9.17) is 9.47 Å². The first-order chi connectivity index (χ1) is 13.8. The first-order valence-electron chi connectivity index (χ1n) is 9.61. The largest absolute Gasteiger partial charge is 0.489 e. The van der Waals surface area contributed by atoms with Crippen LogP contribution in [0.3, 0.4) is 0 Å². The molecule has 0 spiro atoms. The molecule has 0 saturated heterocycles. The molecule has 0 heterocycles. The third kappa shape index (κ3) is 6.26. The number of methoxy groups -OCH3 is 1. The Labute approximate surface area is 182 Å². The summed E-state index contributed by atoms with van der Waals surface area (Å²) < 4.78 is 39.0. The van der Waals surface area contributed by atoms with Crippen LogP contribution in [0.25, 0.3) is 0 Å². The van der Waals surface area contributed by atoms with E-state index in [-0.39, 0.29) is 30.3 Å². The Hall–Kier alpha value is -1.97. The molecular formula is C20H30ClF2N3O4. The molecule has 2 rings (SSSR count). The molecular weight excluding hydrogens is 420 g/mol. The summed E-state index contributed by atoms with van der Waals surface area (Å²) in [7, 11) is 5.03. The van der Waals surface area contributed by atoms with Crippen molar-refractivity contribution >= 4 is 24.6 Å². The van der Waals surface area contributed by atoms with Crippen LogP contribution in [-0.4, -0.2) is 80.2 Å². The number of hydrogen-bond acceptors (Lipinski definition) is 6. The first-order valence-corrected chi connectivity index (χ1v) is 9.61. The van der Waals surface area contributed by atoms with Crippen LogP contribution in [0.1, 0.15) is 31.2 Å². The molecule has 1 aromatic rings. The summed E-state index contributed by atoms with van der Waals surface area (Å²) in [5.41, 5.74) is -1.17. The molecule has 0 aromatic heterocycles. The molecule has 1 aromatic carbocycles. The molecule has 10 heteroatoms. The molecule has 0 radical (unpaired) electrons. The summed E-state index contributed by atoms with van der Waals surface area (Å²) in [5, 5.41) is 15.0. The molecule has 0 atom stereocenters. The molecule has 1 aliphatic carbocycles. The number of aliphatic carboxylic acids is 1. The van der Waals surface area contributed by atoms with Crippen molar-refractivity contribution in [2.45, 2.75) is 31.2 Å². The van der Waals surface area contributed by atoms with Crippen molar-refractivity contribution in [3.8, 4) is 5.75 Å². The maximum Gasteiger partial charge on any atom is 0.331 e. The SMILES string of the molecule is COCCN(C)CCOc1ccc(C=NN(C)C2(C(=O)O)CCCC2)c(F)c1F.Cl. The minimum Gasteiger partial charge on any atom is -0.489 e. The lowest BCUT2D eigenvalue weighted by atomic mass is 9.98. The average Bonchev–Trinajstić information content (AvgIpc) is 3.20. The van der Waals surface area contributed by atoms with Gasteiger partial charge in [-0.1, -0.05) is 12.8 Å². The summed E-state index contributed by atoms with van der Waals surface area (Å²) in [6.07, 6.45) is 3.67. The fraction of sp³-hybridized carbons (Fsp3) is 0.600. The van der Waals surface area contributed by atoms with Crippen molar-refractivity contribution < 1.29 is 28.2 Å². The molecule has 30 heavy (non-hydrogen) atoms. The van der Waals surface area contributed by atoms with E-state index in [1.165, 1.54) is 17.1 Å². The number of carboxylic acid groups (broad SMARTS) is 1. The second-order valence-electron chi connectivity index (χ2n) is 7.24. The van der Waals surface area contributed by atoms with Crippen LogP contribution < -0.4 is 4.74 Å². The van der Waals surface area contributed by atoms with Crippen molar-refractivity contribution in [1.29, 1.82) is 0 Å². The predicted octanol–water partition coefficient (Wildman–Crippen LogP) is 3.01. The van der Waals surface area contributed by atoms with Crippen molar-refractivity contribution in [2.75, 3.05) is 47.5 Å². The van der Waals surface area contributed by atoms with Crippen LogP contribution >= 0.6 is 12.4 Å². The number of rotatable bonds is 11. The van der Waals surface area contributed by atoms with Gasteiger partial charge in [0, 0.05) is 32.8 Å². The Morgan fingerprint density at radius 2 is 1.83 bits per heavy atom. The molecule has 7 nitrogen and oxygen atoms in total. The topological polar surface area (TPSA) is 74.6 Å². The average molecular weight is 450 g/mol. The summed E-state index contributed by atoms with van der Waals surface area (Å²) in [6, 6.07) is 2.71. The van der Waals surface area contributed by atoms with Gasteiger partial charge < -0.3 is 19.5 Å². The zero-order valence-electron chi connectivity index (χ0n) is 17.6. The highest BCUT2D eigenvalue weighted by Gasteiger charge is 2.45. The summed E-state index contributed by atoms with van der Waals surface area (Å²) in [5.74, 6) is -3.31. The number of benzene rings is 1. The summed E-state index contributed by atoms with van der Waals surface area (Å²) >= 11 is 0. The highest BCUT2D eigenvalue weighted by atomic mass is 35.5. The van der Waals surface area contributed by atoms with E-state index in [0.29, 0.717) is 32.5 Å². The summed E-state index contributed by atoms with van der Waals surface area (Å²) in [6.45, 7) is 2.02. The van der Waals surface area contributed by atoms with E-state index in [0.717, 1.165) is 19.1 Å². The lowest BCUT2D eigenvalue weighted by Crippen LogP contribution is -2.48. The van der Waals surface area contributed by atoms with Crippen molar-refractivity contribution in [3.05, 3.63) is 29.3 Å². The van der Waals surface area contributed by atoms with Gasteiger partial charge in [0.25, 0.3) is 0 Å². The number of ether oxygens (including phenoxy) is 2. The highest BCUT2D eigenvalue weighted by Crippen LogP contribution is 2.35. The quantitative estimate of drug-likeness (QED) is 0.413. The van der Waals surface area contributed by atoms with E-state index < -0.39 is 23.1 Å². The Kier molecular flexibility index (Phi) is 10.4. The van der Waals surface area contributed by atoms with Gasteiger partial charge in [0.2, 0.25) is 5.82 Å². The van der Waals surface area contributed by atoms with Crippen LogP contribution in [0.4, 0.5) is 8.78 Å². The number of nitrogens with zero attached hydrogens (tertiary/aromatic N) is 3. The van der Waals surface area contributed by atoms with Gasteiger partial charge in [-0.25, -0.2) is 9.18 Å². The van der Waals surface area contributed by atoms with Gasteiger partial charge in [-0.15, -0.1) is 12.4 Å². The molecule has 0 unspecified atom stereocenters. The van der Waals surface area contributed by atoms with Crippen molar-refractivity contribution in [3.63, 3.8) is 0 Å². The van der Waals surface area contributed by atoms with Crippen LogP contribution in [0.15, 0.2) is 17.2 Å². The minimum atomic E-state index is -1.09. The van der Waals surface area contributed by atoms with E-state index >= 15 is 0 Å². The third-order valence-electron chi connectivity index (χ3n) is 5.30. The number of carbonyl (C=O) groups is 1. The van der Waals surface area contributed by atoms with Gasteiger partial charge in [-0.2, -0.15) is 9.49 Å². The van der Waals surface area contributed by atoms with Crippen molar-refractivity contribution in [2.24, 2.45) is 5.10 Å². The Bertz CT molecular complexity index is 730. The Morgan fingerprint density at radius 3 is 2.43 bits per heavy atom. The van der Waals surface area contributed by atoms with Gasteiger partial charge in [0.15, 0.2) is 17.1 Å². The van der Waals surface area contributed by atoms with Crippen LogP contribution in [0, 0.1) is 11.6 Å². The molecule has 0 aliphatic heterocycles. The zero-order chi connectivity index (χ0) is 21.4. The summed E-state index contributed by atoms with van der Waals surface area (Å²) in [4.78, 5) is 13.6. The van der Waals surface area contributed by atoms with E-state index in [1.807, 2.05) is 11.9 Å². The van der Waals surface area contributed by atoms with E-state index in [2.05, 4.69) is 5.10 Å². The van der Waals surface area contributed by atoms with Crippen LogP contribution in [0.2, 0.25) is 0 Å². The number of hydrazone groups is 1. The van der Waals surface area contributed by atoms with Gasteiger partial charge in [-0.3, -0.25) is 5.01 Å². The van der Waals surface area contributed by atoms with E-state index in [1.54, 1.807) is 14.2 Å². The molecule has 1 fully saturated rings. The third-order valence-corrected chi connectivity index (χ3v) is 5.30. The van der Waals surface area contributed by atoms with Gasteiger partial charge in [-0.05, 0) is 32.0 Å². The standard InChI is InChI=1S/C20H29F2N3O4.ClH/c1-24(10-12-28-3)11-13-29-16-7-6-15(17(21)18(16)22)14-23-25(2)20(19(26)27)8-4-5-9-20;/h6-7,14H,4-5,8-13H2,1-3H3,(H,26,27);1H. The monoisotopic (exact) mass is 449 g/mol. The fourth-order valence-electron chi connectivity index (χ4n) is 3.32. The van der Waals surface area contributed by atoms with Crippen molar-refractivity contribution in [1.82, 2.24) is 9.91 Å². The van der Waals surface area contributed by atoms with Gasteiger partial charge in [0.1, 0.15) is 6.61 Å². The van der Waals surface area contributed by atoms with Crippen LogP contribution in [0.5, 0.6) is 5.75 Å². The lowest BCUT2D eigenvalue weighted by molar-refractivity contribution is -0.150. The molecule has 0 amide bonds. The smallest absolute Gasteiger partial charge is 0.331 e. The normalized spacial score (nSPS) is 15.4. The Morgan fingerprint density at radius 1 is 1.20 bits per heavy atom. The van der Waals surface area contributed by atoms with Gasteiger partial charge >= 0.3 is 5.97 Å². The number of likely N-dealkylation sites (N-methyl/N-ethyl adjacent to an activating group) is 2. The maximum atomic E-state index is 14.4. The molecule has 0 bridgehead atoms. The zero-order valence-corrected chi connectivity index (χ0v) is 18.4. The van der Waals surface area contributed by atoms with E-state index in [9.17, 15) is 18.7 Å². The Balaban J connectivity index is 0.00000450. The molecule has 1 N–H and O–H groups in total. The fourth-order valence-corrected chi connectivity index (χ4v) is 3.32.